The van der Waals surface area contributed by atoms with Gasteiger partial charge in [0, 0.05) is 45.8 Å². The van der Waals surface area contributed by atoms with E-state index in [1.54, 1.807) is 0 Å². The Hall–Kier alpha value is -3.04. The fourth-order valence-electron chi connectivity index (χ4n) is 4.06. The van der Waals surface area contributed by atoms with Gasteiger partial charge in [-0.2, -0.15) is 5.26 Å². The largest absolute Gasteiger partial charge is 0.370 e. The van der Waals surface area contributed by atoms with Crippen LogP contribution in [0, 0.1) is 11.3 Å². The first kappa shape index (κ1) is 19.3. The first-order chi connectivity index (χ1) is 14.2. The number of anilines is 2. The minimum absolute atomic E-state index is 0.0188. The number of nitriles is 1. The Kier molecular flexibility index (Phi) is 5.97. The zero-order valence-electron chi connectivity index (χ0n) is 16.7. The molecule has 2 aliphatic rings. The summed E-state index contributed by atoms with van der Waals surface area (Å²) in [6.45, 7) is 6.09. The molecular weight excluding hydrogens is 362 g/mol. The number of nitrogens with one attached hydrogen (secondary N) is 1. The molecule has 0 atom stereocenters. The number of urea groups is 1. The highest BCUT2D eigenvalue weighted by atomic mass is 16.2. The Morgan fingerprint density at radius 2 is 1.62 bits per heavy atom. The van der Waals surface area contributed by atoms with Crippen molar-refractivity contribution in [2.24, 2.45) is 0 Å². The van der Waals surface area contributed by atoms with E-state index in [-0.39, 0.29) is 6.03 Å². The molecule has 6 nitrogen and oxygen atoms in total. The maximum Gasteiger partial charge on any atom is 0.321 e. The molecule has 29 heavy (non-hydrogen) atoms. The van der Waals surface area contributed by atoms with Gasteiger partial charge in [-0.25, -0.2) is 4.79 Å². The van der Waals surface area contributed by atoms with E-state index in [9.17, 15) is 4.79 Å². The minimum atomic E-state index is -0.0188. The summed E-state index contributed by atoms with van der Waals surface area (Å²) in [6, 6.07) is 18.0. The van der Waals surface area contributed by atoms with Gasteiger partial charge >= 0.3 is 6.03 Å². The standard InChI is InChI=1S/C23H27N5O/c24-17-19-7-9-20(10-8-19)18-26-13-15-28(16-14-26)23(29)25-21-5-1-2-6-22(21)27-11-3-4-12-27/h1-2,5-10H,3-4,11-16,18H2,(H,25,29). The van der Waals surface area contributed by atoms with Crippen molar-refractivity contribution >= 4 is 17.4 Å². The summed E-state index contributed by atoms with van der Waals surface area (Å²) in [4.78, 5) is 19.4. The molecule has 2 fully saturated rings. The maximum absolute atomic E-state index is 12.8. The highest BCUT2D eigenvalue weighted by Crippen LogP contribution is 2.29. The molecular formula is C23H27N5O. The molecule has 4 rings (SSSR count). The van der Waals surface area contributed by atoms with Crippen LogP contribution in [0.4, 0.5) is 16.2 Å². The van der Waals surface area contributed by atoms with Crippen LogP contribution in [0.5, 0.6) is 0 Å². The predicted octanol–water partition coefficient (Wildman–Crippen LogP) is 3.51. The van der Waals surface area contributed by atoms with Crippen molar-refractivity contribution < 1.29 is 4.79 Å². The third kappa shape index (κ3) is 4.69. The third-order valence-corrected chi connectivity index (χ3v) is 5.74. The zero-order chi connectivity index (χ0) is 20.1. The second-order valence-corrected chi connectivity index (χ2v) is 7.71. The number of carbonyl (C=O) groups excluding carboxylic acids is 1. The lowest BCUT2D eigenvalue weighted by Crippen LogP contribution is -2.49. The molecule has 2 heterocycles. The number of nitrogens with zero attached hydrogens (tertiary/aromatic N) is 4. The van der Waals surface area contributed by atoms with Gasteiger partial charge in [0.1, 0.15) is 0 Å². The molecule has 0 aromatic heterocycles. The fraction of sp³-hybridized carbons (Fsp3) is 0.391. The quantitative estimate of drug-likeness (QED) is 0.869. The van der Waals surface area contributed by atoms with Gasteiger partial charge in [-0.3, -0.25) is 4.90 Å². The Labute approximate surface area is 172 Å². The van der Waals surface area contributed by atoms with E-state index < -0.39 is 0 Å². The minimum Gasteiger partial charge on any atom is -0.370 e. The molecule has 2 amide bonds. The van der Waals surface area contributed by atoms with Crippen molar-refractivity contribution in [1.82, 2.24) is 9.80 Å². The zero-order valence-corrected chi connectivity index (χ0v) is 16.7. The van der Waals surface area contributed by atoms with Crippen LogP contribution in [-0.4, -0.2) is 55.1 Å². The van der Waals surface area contributed by atoms with Crippen LogP contribution in [-0.2, 0) is 6.54 Å². The van der Waals surface area contributed by atoms with Crippen LogP contribution in [0.15, 0.2) is 48.5 Å². The van der Waals surface area contributed by atoms with Gasteiger partial charge in [0.25, 0.3) is 0 Å². The summed E-state index contributed by atoms with van der Waals surface area (Å²) in [6.07, 6.45) is 2.42. The van der Waals surface area contributed by atoms with E-state index in [2.05, 4.69) is 27.3 Å². The van der Waals surface area contributed by atoms with Gasteiger partial charge in [-0.1, -0.05) is 24.3 Å². The van der Waals surface area contributed by atoms with Crippen LogP contribution >= 0.6 is 0 Å². The van der Waals surface area contributed by atoms with Gasteiger partial charge in [-0.15, -0.1) is 0 Å². The smallest absolute Gasteiger partial charge is 0.321 e. The molecule has 2 aliphatic heterocycles. The van der Waals surface area contributed by atoms with E-state index in [4.69, 9.17) is 5.26 Å². The summed E-state index contributed by atoms with van der Waals surface area (Å²) < 4.78 is 0. The molecule has 0 aliphatic carbocycles. The van der Waals surface area contributed by atoms with Crippen molar-refractivity contribution in [3.8, 4) is 6.07 Å². The van der Waals surface area contributed by atoms with E-state index in [0.717, 1.165) is 44.1 Å². The van der Waals surface area contributed by atoms with Gasteiger partial charge < -0.3 is 15.1 Å². The molecule has 2 saturated heterocycles. The lowest BCUT2D eigenvalue weighted by Gasteiger charge is -2.35. The summed E-state index contributed by atoms with van der Waals surface area (Å²) in [5.41, 5.74) is 3.91. The maximum atomic E-state index is 12.8. The van der Waals surface area contributed by atoms with Gasteiger partial charge in [0.05, 0.1) is 23.0 Å². The summed E-state index contributed by atoms with van der Waals surface area (Å²) in [5.74, 6) is 0. The Balaban J connectivity index is 1.31. The van der Waals surface area contributed by atoms with Crippen molar-refractivity contribution in [3.63, 3.8) is 0 Å². The molecule has 2 aromatic rings. The highest BCUT2D eigenvalue weighted by Gasteiger charge is 2.23. The number of amides is 2. The molecule has 0 radical (unpaired) electrons. The van der Waals surface area contributed by atoms with Crippen molar-refractivity contribution in [1.29, 1.82) is 5.26 Å². The highest BCUT2D eigenvalue weighted by molar-refractivity contribution is 5.93. The van der Waals surface area contributed by atoms with E-state index >= 15 is 0 Å². The van der Waals surface area contributed by atoms with E-state index in [0.29, 0.717) is 18.7 Å². The van der Waals surface area contributed by atoms with E-state index in [1.807, 2.05) is 47.4 Å². The second-order valence-electron chi connectivity index (χ2n) is 7.71. The Bertz CT molecular complexity index is 875. The second kappa shape index (κ2) is 8.97. The Morgan fingerprint density at radius 3 is 2.31 bits per heavy atom. The van der Waals surface area contributed by atoms with Gasteiger partial charge in [0.2, 0.25) is 0 Å². The van der Waals surface area contributed by atoms with E-state index in [1.165, 1.54) is 18.4 Å². The Morgan fingerprint density at radius 1 is 0.931 bits per heavy atom. The molecule has 0 spiro atoms. The number of hydrogen-bond acceptors (Lipinski definition) is 4. The average Bonchev–Trinajstić information content (AvgIpc) is 3.30. The summed E-state index contributed by atoms with van der Waals surface area (Å²) in [7, 11) is 0. The van der Waals surface area contributed by atoms with Crippen molar-refractivity contribution in [2.75, 3.05) is 49.5 Å². The monoisotopic (exact) mass is 389 g/mol. The van der Waals surface area contributed by atoms with Crippen molar-refractivity contribution in [3.05, 3.63) is 59.7 Å². The van der Waals surface area contributed by atoms with Crippen molar-refractivity contribution in [2.45, 2.75) is 19.4 Å². The molecule has 6 heteroatoms. The topological polar surface area (TPSA) is 62.6 Å². The summed E-state index contributed by atoms with van der Waals surface area (Å²) >= 11 is 0. The van der Waals surface area contributed by atoms with Crippen LogP contribution in [0.2, 0.25) is 0 Å². The normalized spacial score (nSPS) is 17.2. The number of carbonyl (C=O) groups is 1. The van der Waals surface area contributed by atoms with Crippen LogP contribution < -0.4 is 10.2 Å². The molecule has 2 aromatic carbocycles. The molecule has 0 saturated carbocycles. The average molecular weight is 390 g/mol. The lowest BCUT2D eigenvalue weighted by atomic mass is 10.1. The number of hydrogen-bond donors (Lipinski definition) is 1. The molecule has 1 N–H and O–H groups in total. The summed E-state index contributed by atoms with van der Waals surface area (Å²) in [5, 5.41) is 12.0. The molecule has 150 valence electrons. The number of benzene rings is 2. The fourth-order valence-corrected chi connectivity index (χ4v) is 4.06. The number of rotatable bonds is 4. The van der Waals surface area contributed by atoms with Gasteiger partial charge in [0.15, 0.2) is 0 Å². The first-order valence-corrected chi connectivity index (χ1v) is 10.3. The number of piperazine rings is 1. The molecule has 0 bridgehead atoms. The molecule has 0 unspecified atom stereocenters. The SMILES string of the molecule is N#Cc1ccc(CN2CCN(C(=O)Nc3ccccc3N3CCCC3)CC2)cc1. The third-order valence-electron chi connectivity index (χ3n) is 5.74. The van der Waals surface area contributed by atoms with Crippen LogP contribution in [0.1, 0.15) is 24.0 Å². The number of para-hydroxylation sites is 2. The van der Waals surface area contributed by atoms with Crippen LogP contribution in [0.3, 0.4) is 0 Å². The lowest BCUT2D eigenvalue weighted by molar-refractivity contribution is 0.143. The van der Waals surface area contributed by atoms with Gasteiger partial charge in [-0.05, 0) is 42.7 Å². The van der Waals surface area contributed by atoms with Crippen LogP contribution in [0.25, 0.3) is 0 Å². The predicted molar refractivity (Wildman–Crippen MR) is 115 cm³/mol. The first-order valence-electron chi connectivity index (χ1n) is 10.3.